The number of hydrogen-bond donors (Lipinski definition) is 2. The molecule has 3 atom stereocenters. The number of nitrogens with one attached hydrogen (secondary N) is 2. The Hall–Kier alpha value is -3.87. The number of likely N-dealkylation sites (tertiary alicyclic amines) is 1. The van der Waals surface area contributed by atoms with Gasteiger partial charge in [-0.2, -0.15) is 0 Å². The number of anilines is 1. The number of rotatable bonds is 10. The Morgan fingerprint density at radius 3 is 2.53 bits per heavy atom. The van der Waals surface area contributed by atoms with E-state index in [0.29, 0.717) is 11.5 Å². The van der Waals surface area contributed by atoms with Crippen LogP contribution in [0.4, 0.5) is 5.82 Å². The molecule has 13 heteroatoms. The lowest BCUT2D eigenvalue weighted by molar-refractivity contribution is -0.161. The Balaban J connectivity index is 1.85. The highest BCUT2D eigenvalue weighted by Gasteiger charge is 2.59. The molecular formula is C21H24N4O8S. The van der Waals surface area contributed by atoms with Gasteiger partial charge in [-0.25, -0.2) is 13.2 Å². The van der Waals surface area contributed by atoms with Crippen molar-refractivity contribution in [3.8, 4) is 5.75 Å². The van der Waals surface area contributed by atoms with Crippen LogP contribution >= 0.6 is 0 Å². The number of β-lactam (4-membered cyclic amide) rings is 1. The van der Waals surface area contributed by atoms with Crippen molar-refractivity contribution >= 4 is 33.6 Å². The summed E-state index contributed by atoms with van der Waals surface area (Å²) in [6.45, 7) is 6.22. The lowest BCUT2D eigenvalue weighted by Gasteiger charge is -2.48. The number of hydrogen-bond acceptors (Lipinski definition) is 9. The first-order chi connectivity index (χ1) is 16.0. The van der Waals surface area contributed by atoms with Gasteiger partial charge in [0.15, 0.2) is 23.8 Å². The third kappa shape index (κ3) is 5.20. The van der Waals surface area contributed by atoms with E-state index in [2.05, 4.69) is 21.8 Å². The summed E-state index contributed by atoms with van der Waals surface area (Å²) in [4.78, 5) is 38.5. The first-order valence-electron chi connectivity index (χ1n) is 10.0. The molecule has 2 aromatic rings. The summed E-state index contributed by atoms with van der Waals surface area (Å²) in [6, 6.07) is 6.92. The first-order valence-corrected chi connectivity index (χ1v) is 11.6. The van der Waals surface area contributed by atoms with E-state index in [9.17, 15) is 22.8 Å². The standard InChI is InChI=1S/C21H24N4O8S/c1-12(2)18(21(28)31-4)25-19(27)17(22-16(26)11-32-14-8-6-5-7-9-14)20(25)34(29,30)24-15-10-13(3)33-23-15/h5-10,17-18,20H,1,11H2,2-4H3,(H,22,26)(H,23,24). The molecule has 0 radical (unpaired) electrons. The Morgan fingerprint density at radius 1 is 1.29 bits per heavy atom. The molecule has 0 aliphatic carbocycles. The zero-order valence-electron chi connectivity index (χ0n) is 18.7. The molecule has 1 aliphatic heterocycles. The Kier molecular flexibility index (Phi) is 7.25. The van der Waals surface area contributed by atoms with E-state index in [1.54, 1.807) is 37.3 Å². The van der Waals surface area contributed by atoms with Crippen LogP contribution in [-0.2, 0) is 29.1 Å². The Bertz CT molecular complexity index is 1190. The molecule has 2 heterocycles. The van der Waals surface area contributed by atoms with E-state index in [-0.39, 0.29) is 11.4 Å². The number of esters is 1. The summed E-state index contributed by atoms with van der Waals surface area (Å²) < 4.78 is 43.6. The molecule has 1 aliphatic rings. The number of para-hydroxylation sites is 1. The maximum absolute atomic E-state index is 13.2. The highest BCUT2D eigenvalue weighted by Crippen LogP contribution is 2.31. The van der Waals surface area contributed by atoms with E-state index in [0.717, 1.165) is 12.0 Å². The summed E-state index contributed by atoms with van der Waals surface area (Å²) in [5.74, 6) is -1.78. The second kappa shape index (κ2) is 9.95. The lowest BCUT2D eigenvalue weighted by atomic mass is 9.99. The van der Waals surface area contributed by atoms with Gasteiger partial charge in [0.1, 0.15) is 17.6 Å². The predicted molar refractivity (Wildman–Crippen MR) is 119 cm³/mol. The molecule has 2 amide bonds. The van der Waals surface area contributed by atoms with E-state index in [1.165, 1.54) is 13.0 Å². The molecule has 12 nitrogen and oxygen atoms in total. The van der Waals surface area contributed by atoms with Crippen LogP contribution in [0.25, 0.3) is 0 Å². The van der Waals surface area contributed by atoms with Crippen LogP contribution in [0.5, 0.6) is 5.75 Å². The quantitative estimate of drug-likeness (QED) is 0.275. The van der Waals surface area contributed by atoms with Crippen LogP contribution in [0.1, 0.15) is 12.7 Å². The second-order valence-electron chi connectivity index (χ2n) is 7.52. The fourth-order valence-electron chi connectivity index (χ4n) is 3.39. The molecule has 182 valence electrons. The maximum Gasteiger partial charge on any atom is 0.332 e. The molecule has 1 aromatic carbocycles. The van der Waals surface area contributed by atoms with Gasteiger partial charge in [0, 0.05) is 6.07 Å². The zero-order chi connectivity index (χ0) is 25.0. The number of nitrogens with zero attached hydrogens (tertiary/aromatic N) is 2. The average Bonchev–Trinajstić information content (AvgIpc) is 3.19. The molecule has 3 rings (SSSR count). The fraction of sp³-hybridized carbons (Fsp3) is 0.333. The number of methoxy groups -OCH3 is 1. The summed E-state index contributed by atoms with van der Waals surface area (Å²) in [5, 5.41) is 4.28. The minimum absolute atomic E-state index is 0.126. The fourth-order valence-corrected chi connectivity index (χ4v) is 4.96. The van der Waals surface area contributed by atoms with Crippen LogP contribution in [-0.4, -0.2) is 67.4 Å². The van der Waals surface area contributed by atoms with Crippen LogP contribution in [0.15, 0.2) is 53.1 Å². The number of sulfonamides is 1. The second-order valence-corrected chi connectivity index (χ2v) is 9.30. The van der Waals surface area contributed by atoms with E-state index < -0.39 is 51.9 Å². The van der Waals surface area contributed by atoms with Crippen molar-refractivity contribution in [2.45, 2.75) is 31.3 Å². The molecule has 0 saturated carbocycles. The average molecular weight is 493 g/mol. The van der Waals surface area contributed by atoms with Crippen molar-refractivity contribution in [3.63, 3.8) is 0 Å². The van der Waals surface area contributed by atoms with Crippen molar-refractivity contribution < 1.29 is 36.8 Å². The highest BCUT2D eigenvalue weighted by molar-refractivity contribution is 7.93. The van der Waals surface area contributed by atoms with Crippen LogP contribution < -0.4 is 14.8 Å². The first kappa shape index (κ1) is 24.8. The molecule has 0 spiro atoms. The van der Waals surface area contributed by atoms with E-state index in [4.69, 9.17) is 14.0 Å². The van der Waals surface area contributed by atoms with E-state index in [1.807, 2.05) is 0 Å². The molecule has 1 fully saturated rings. The molecule has 1 aromatic heterocycles. The predicted octanol–water partition coefficient (Wildman–Crippen LogP) is 0.575. The zero-order valence-corrected chi connectivity index (χ0v) is 19.5. The molecule has 34 heavy (non-hydrogen) atoms. The summed E-state index contributed by atoms with van der Waals surface area (Å²) in [7, 11) is -3.30. The molecule has 3 unspecified atom stereocenters. The molecule has 2 N–H and O–H groups in total. The number of ether oxygens (including phenoxy) is 2. The third-order valence-corrected chi connectivity index (χ3v) is 6.50. The van der Waals surface area contributed by atoms with Crippen molar-refractivity contribution in [2.75, 3.05) is 18.4 Å². The van der Waals surface area contributed by atoms with Gasteiger partial charge in [0.05, 0.1) is 7.11 Å². The molecule has 0 bridgehead atoms. The smallest absolute Gasteiger partial charge is 0.332 e. The van der Waals surface area contributed by atoms with Crippen molar-refractivity contribution in [3.05, 3.63) is 54.3 Å². The number of aryl methyl sites for hydroxylation is 1. The van der Waals surface area contributed by atoms with Gasteiger partial charge in [-0.1, -0.05) is 29.9 Å². The molecular weight excluding hydrogens is 468 g/mol. The van der Waals surface area contributed by atoms with Gasteiger partial charge >= 0.3 is 5.97 Å². The Morgan fingerprint density at radius 2 is 1.97 bits per heavy atom. The summed E-state index contributed by atoms with van der Waals surface area (Å²) in [6.07, 6.45) is 0. The normalized spacial score (nSPS) is 18.4. The molecule has 1 saturated heterocycles. The SMILES string of the molecule is C=C(C)C(C(=O)OC)N1C(=O)C(NC(=O)COc2ccccc2)C1S(=O)(=O)Nc1cc(C)on1. The summed E-state index contributed by atoms with van der Waals surface area (Å²) in [5.41, 5.74) is 0.176. The van der Waals surface area contributed by atoms with Gasteiger partial charge in [-0.15, -0.1) is 0 Å². The van der Waals surface area contributed by atoms with Crippen LogP contribution in [0.3, 0.4) is 0 Å². The van der Waals surface area contributed by atoms with Gasteiger partial charge < -0.3 is 24.2 Å². The topological polar surface area (TPSA) is 157 Å². The number of benzene rings is 1. The minimum atomic E-state index is -4.40. The minimum Gasteiger partial charge on any atom is -0.484 e. The van der Waals surface area contributed by atoms with Crippen molar-refractivity contribution in [1.82, 2.24) is 15.4 Å². The van der Waals surface area contributed by atoms with Gasteiger partial charge in [-0.05, 0) is 31.6 Å². The summed E-state index contributed by atoms with van der Waals surface area (Å²) >= 11 is 0. The van der Waals surface area contributed by atoms with Crippen LogP contribution in [0.2, 0.25) is 0 Å². The number of carbonyl (C=O) groups is 3. The largest absolute Gasteiger partial charge is 0.484 e. The maximum atomic E-state index is 13.2. The van der Waals surface area contributed by atoms with Gasteiger partial charge in [-0.3, -0.25) is 14.3 Å². The van der Waals surface area contributed by atoms with Gasteiger partial charge in [0.25, 0.3) is 21.8 Å². The number of carbonyl (C=O) groups excluding carboxylic acids is 3. The number of amides is 2. The van der Waals surface area contributed by atoms with Crippen molar-refractivity contribution in [2.24, 2.45) is 0 Å². The third-order valence-electron chi connectivity index (χ3n) is 4.87. The number of aromatic nitrogens is 1. The van der Waals surface area contributed by atoms with Crippen molar-refractivity contribution in [1.29, 1.82) is 0 Å². The van der Waals surface area contributed by atoms with Gasteiger partial charge in [0.2, 0.25) is 0 Å². The lowest BCUT2D eigenvalue weighted by Crippen LogP contribution is -2.77. The highest BCUT2D eigenvalue weighted by atomic mass is 32.2. The van der Waals surface area contributed by atoms with Crippen LogP contribution in [0, 0.1) is 6.92 Å². The Labute approximate surface area is 195 Å². The van der Waals surface area contributed by atoms with E-state index >= 15 is 0 Å². The monoisotopic (exact) mass is 492 g/mol.